The van der Waals surface area contributed by atoms with Gasteiger partial charge in [-0.15, -0.1) is 0 Å². The lowest BCUT2D eigenvalue weighted by Gasteiger charge is -2.15. The Morgan fingerprint density at radius 1 is 1.30 bits per heavy atom. The number of carbonyl (C=O) groups excluding carboxylic acids is 2. The first-order valence-electron chi connectivity index (χ1n) is 7.36. The van der Waals surface area contributed by atoms with Gasteiger partial charge < -0.3 is 15.5 Å². The number of hydrogen-bond donors (Lipinski definition) is 2. The zero-order valence-corrected chi connectivity index (χ0v) is 12.4. The number of rotatable bonds is 5. The molecule has 2 N–H and O–H groups in total. The van der Waals surface area contributed by atoms with E-state index in [0.717, 1.165) is 25.1 Å². The van der Waals surface area contributed by atoms with Gasteiger partial charge in [0.1, 0.15) is 0 Å². The van der Waals surface area contributed by atoms with Crippen molar-refractivity contribution in [2.24, 2.45) is 0 Å². The van der Waals surface area contributed by atoms with Gasteiger partial charge in [-0.25, -0.2) is 4.79 Å². The Labute approximate surface area is 131 Å². The molecule has 0 spiro atoms. The zero-order valence-electron chi connectivity index (χ0n) is 12.4. The highest BCUT2D eigenvalue weighted by Gasteiger charge is 2.30. The molecule has 5 nitrogen and oxygen atoms in total. The van der Waals surface area contributed by atoms with Gasteiger partial charge >= 0.3 is 12.2 Å². The molecule has 23 heavy (non-hydrogen) atoms. The summed E-state index contributed by atoms with van der Waals surface area (Å²) in [6, 6.07) is 3.87. The Hall–Kier alpha value is -2.25. The highest BCUT2D eigenvalue weighted by atomic mass is 19.4. The molecule has 1 saturated heterocycles. The summed E-state index contributed by atoms with van der Waals surface area (Å²) in [6.45, 7) is 1.66. The lowest BCUT2D eigenvalue weighted by molar-refractivity contribution is -0.137. The van der Waals surface area contributed by atoms with E-state index in [9.17, 15) is 22.8 Å². The predicted octanol–water partition coefficient (Wildman–Crippen LogP) is 2.84. The number of likely N-dealkylation sites (tertiary alicyclic amines) is 1. The third-order valence-corrected chi connectivity index (χ3v) is 3.51. The Morgan fingerprint density at radius 3 is 2.74 bits per heavy atom. The fourth-order valence-electron chi connectivity index (χ4n) is 2.36. The van der Waals surface area contributed by atoms with Crippen LogP contribution in [-0.4, -0.2) is 36.5 Å². The summed E-state index contributed by atoms with van der Waals surface area (Å²) in [5.41, 5.74) is -0.741. The van der Waals surface area contributed by atoms with Crippen molar-refractivity contribution in [2.75, 3.05) is 25.0 Å². The second-order valence-corrected chi connectivity index (χ2v) is 5.30. The highest BCUT2D eigenvalue weighted by molar-refractivity contribution is 5.89. The van der Waals surface area contributed by atoms with Crippen molar-refractivity contribution in [3.63, 3.8) is 0 Å². The summed E-state index contributed by atoms with van der Waals surface area (Å²) in [5.74, 6) is 0.124. The van der Waals surface area contributed by atoms with Crippen molar-refractivity contribution in [3.8, 4) is 0 Å². The molecule has 126 valence electrons. The van der Waals surface area contributed by atoms with Crippen LogP contribution in [0, 0.1) is 0 Å². The van der Waals surface area contributed by atoms with Crippen LogP contribution < -0.4 is 10.6 Å². The van der Waals surface area contributed by atoms with Crippen LogP contribution >= 0.6 is 0 Å². The summed E-state index contributed by atoms with van der Waals surface area (Å²) in [6.07, 6.45) is -2.41. The van der Waals surface area contributed by atoms with Gasteiger partial charge in [0.05, 0.1) is 5.56 Å². The van der Waals surface area contributed by atoms with E-state index >= 15 is 0 Å². The van der Waals surface area contributed by atoms with Crippen LogP contribution in [0.4, 0.5) is 23.7 Å². The number of nitrogens with zero attached hydrogens (tertiary/aromatic N) is 1. The van der Waals surface area contributed by atoms with Crippen LogP contribution in [0.5, 0.6) is 0 Å². The largest absolute Gasteiger partial charge is 0.416 e. The predicted molar refractivity (Wildman–Crippen MR) is 78.9 cm³/mol. The molecule has 1 heterocycles. The van der Waals surface area contributed by atoms with Gasteiger partial charge in [-0.05, 0) is 31.0 Å². The van der Waals surface area contributed by atoms with E-state index in [1.165, 1.54) is 12.1 Å². The standard InChI is InChI=1S/C15H18F3N3O2/c16-15(17,18)11-4-1-5-12(10-11)20-14(23)19-7-3-9-21-8-2-6-13(21)22/h1,4-5,10H,2-3,6-9H2,(H2,19,20,23). The maximum atomic E-state index is 12.6. The van der Waals surface area contributed by atoms with Crippen LogP contribution in [0.15, 0.2) is 24.3 Å². The number of amides is 3. The molecule has 2 rings (SSSR count). The van der Waals surface area contributed by atoms with Gasteiger partial charge in [-0.2, -0.15) is 13.2 Å². The molecule has 1 fully saturated rings. The molecule has 1 aromatic rings. The van der Waals surface area contributed by atoms with Gasteiger partial charge in [0.2, 0.25) is 5.91 Å². The number of benzene rings is 1. The average Bonchev–Trinajstić information content (AvgIpc) is 2.88. The number of urea groups is 1. The molecule has 0 bridgehead atoms. The molecular weight excluding hydrogens is 311 g/mol. The van der Waals surface area contributed by atoms with Gasteiger partial charge in [-0.1, -0.05) is 6.07 Å². The number of nitrogens with one attached hydrogen (secondary N) is 2. The van der Waals surface area contributed by atoms with Crippen LogP contribution in [-0.2, 0) is 11.0 Å². The monoisotopic (exact) mass is 329 g/mol. The molecule has 1 aromatic carbocycles. The van der Waals surface area contributed by atoms with Crippen molar-refractivity contribution in [1.82, 2.24) is 10.2 Å². The number of carbonyl (C=O) groups is 2. The molecular formula is C15H18F3N3O2. The first kappa shape index (κ1) is 17.1. The highest BCUT2D eigenvalue weighted by Crippen LogP contribution is 2.30. The van der Waals surface area contributed by atoms with Crippen LogP contribution in [0.1, 0.15) is 24.8 Å². The molecule has 3 amide bonds. The van der Waals surface area contributed by atoms with Crippen LogP contribution in [0.25, 0.3) is 0 Å². The van der Waals surface area contributed by atoms with E-state index in [1.807, 2.05) is 0 Å². The summed E-state index contributed by atoms with van der Waals surface area (Å²) < 4.78 is 37.7. The third kappa shape index (κ3) is 5.15. The normalized spacial score (nSPS) is 14.9. The fraction of sp³-hybridized carbons (Fsp3) is 0.467. The molecule has 0 atom stereocenters. The van der Waals surface area contributed by atoms with E-state index in [4.69, 9.17) is 0 Å². The summed E-state index contributed by atoms with van der Waals surface area (Å²) >= 11 is 0. The van der Waals surface area contributed by atoms with E-state index < -0.39 is 17.8 Å². The molecule has 0 unspecified atom stereocenters. The first-order chi connectivity index (χ1) is 10.9. The van der Waals surface area contributed by atoms with E-state index in [-0.39, 0.29) is 11.6 Å². The van der Waals surface area contributed by atoms with Gasteiger partial charge in [0.15, 0.2) is 0 Å². The quantitative estimate of drug-likeness (QED) is 0.816. The Balaban J connectivity index is 1.73. The fourth-order valence-corrected chi connectivity index (χ4v) is 2.36. The van der Waals surface area contributed by atoms with Crippen LogP contribution in [0.2, 0.25) is 0 Å². The van der Waals surface area contributed by atoms with E-state index in [1.54, 1.807) is 4.90 Å². The lowest BCUT2D eigenvalue weighted by Crippen LogP contribution is -2.33. The summed E-state index contributed by atoms with van der Waals surface area (Å²) in [7, 11) is 0. The first-order valence-corrected chi connectivity index (χ1v) is 7.36. The maximum Gasteiger partial charge on any atom is 0.416 e. The maximum absolute atomic E-state index is 12.6. The smallest absolute Gasteiger partial charge is 0.343 e. The Kier molecular flexibility index (Phi) is 5.46. The Bertz CT molecular complexity index is 575. The topological polar surface area (TPSA) is 61.4 Å². The van der Waals surface area contributed by atoms with Crippen LogP contribution in [0.3, 0.4) is 0 Å². The minimum Gasteiger partial charge on any atom is -0.343 e. The van der Waals surface area contributed by atoms with Gasteiger partial charge in [0.25, 0.3) is 0 Å². The SMILES string of the molecule is O=C(NCCCN1CCCC1=O)Nc1cccc(C(F)(F)F)c1. The van der Waals surface area contributed by atoms with E-state index in [2.05, 4.69) is 10.6 Å². The Morgan fingerprint density at radius 2 is 2.09 bits per heavy atom. The minimum atomic E-state index is -4.45. The van der Waals surface area contributed by atoms with Crippen molar-refractivity contribution < 1.29 is 22.8 Å². The van der Waals surface area contributed by atoms with Gasteiger partial charge in [-0.3, -0.25) is 4.79 Å². The minimum absolute atomic E-state index is 0.0760. The number of hydrogen-bond acceptors (Lipinski definition) is 2. The molecule has 1 aliphatic heterocycles. The second-order valence-electron chi connectivity index (χ2n) is 5.30. The lowest BCUT2D eigenvalue weighted by atomic mass is 10.2. The van der Waals surface area contributed by atoms with Crippen molar-refractivity contribution in [1.29, 1.82) is 0 Å². The molecule has 0 aromatic heterocycles. The summed E-state index contributed by atoms with van der Waals surface area (Å²) in [5, 5.41) is 4.92. The number of halogens is 3. The van der Waals surface area contributed by atoms with Crippen molar-refractivity contribution >= 4 is 17.6 Å². The number of anilines is 1. The van der Waals surface area contributed by atoms with E-state index in [0.29, 0.717) is 25.9 Å². The molecule has 8 heteroatoms. The zero-order chi connectivity index (χ0) is 16.9. The summed E-state index contributed by atoms with van der Waals surface area (Å²) in [4.78, 5) is 24.8. The van der Waals surface area contributed by atoms with Crippen molar-refractivity contribution in [2.45, 2.75) is 25.4 Å². The third-order valence-electron chi connectivity index (χ3n) is 3.51. The molecule has 0 radical (unpaired) electrons. The van der Waals surface area contributed by atoms with Crippen molar-refractivity contribution in [3.05, 3.63) is 29.8 Å². The molecule has 0 saturated carbocycles. The molecule has 1 aliphatic rings. The molecule has 0 aliphatic carbocycles. The average molecular weight is 329 g/mol. The number of alkyl halides is 3. The second kappa shape index (κ2) is 7.34. The van der Waals surface area contributed by atoms with Gasteiger partial charge in [0, 0.05) is 31.7 Å².